The van der Waals surface area contributed by atoms with Crippen molar-refractivity contribution in [2.75, 3.05) is 0 Å². The topological polar surface area (TPSA) is 53.7 Å². The van der Waals surface area contributed by atoms with Gasteiger partial charge in [-0.05, 0) is 68.0 Å². The molecule has 26 heavy (non-hydrogen) atoms. The van der Waals surface area contributed by atoms with Crippen molar-refractivity contribution in [2.45, 2.75) is 57.7 Å². The maximum absolute atomic E-state index is 13.3. The fourth-order valence-electron chi connectivity index (χ4n) is 4.71. The van der Waals surface area contributed by atoms with E-state index in [1.165, 1.54) is 25.0 Å². The molecule has 0 bridgehead atoms. The van der Waals surface area contributed by atoms with Crippen LogP contribution in [-0.4, -0.2) is 28.1 Å². The Bertz CT molecular complexity index is 815. The normalized spacial score (nSPS) is 26.0. The maximum Gasteiger partial charge on any atom is 0.320 e. The van der Waals surface area contributed by atoms with Crippen molar-refractivity contribution in [3.05, 3.63) is 47.5 Å². The molecule has 2 fully saturated rings. The Hall–Kier alpha value is -2.14. The molecule has 1 N–H and O–H groups in total. The van der Waals surface area contributed by atoms with Gasteiger partial charge in [0.05, 0.1) is 6.54 Å². The SMILES string of the molecule is Cc1cc(F)ccc1-c1ccc(CN2C(C(=O)O)CC3CCCCC32)o1. The zero-order valence-corrected chi connectivity index (χ0v) is 15.0. The zero-order valence-electron chi connectivity index (χ0n) is 15.0. The fourth-order valence-corrected chi connectivity index (χ4v) is 4.71. The largest absolute Gasteiger partial charge is 0.480 e. The highest BCUT2D eigenvalue weighted by Gasteiger charge is 2.45. The Balaban J connectivity index is 1.56. The Labute approximate surface area is 152 Å². The summed E-state index contributed by atoms with van der Waals surface area (Å²) in [5.41, 5.74) is 1.69. The number of aliphatic carboxylic acids is 1. The molecule has 0 radical (unpaired) electrons. The molecule has 2 heterocycles. The molecule has 5 heteroatoms. The number of carboxylic acids is 1. The molecule has 138 valence electrons. The summed E-state index contributed by atoms with van der Waals surface area (Å²) in [6.45, 7) is 2.37. The van der Waals surface area contributed by atoms with Gasteiger partial charge in [0.15, 0.2) is 0 Å². The van der Waals surface area contributed by atoms with Gasteiger partial charge in [-0.25, -0.2) is 4.39 Å². The van der Waals surface area contributed by atoms with Crippen molar-refractivity contribution in [3.63, 3.8) is 0 Å². The van der Waals surface area contributed by atoms with Crippen LogP contribution >= 0.6 is 0 Å². The van der Waals surface area contributed by atoms with E-state index in [0.717, 1.165) is 36.1 Å². The predicted molar refractivity (Wildman–Crippen MR) is 96.2 cm³/mol. The third-order valence-electron chi connectivity index (χ3n) is 5.96. The number of likely N-dealkylation sites (tertiary alicyclic amines) is 1. The van der Waals surface area contributed by atoms with Gasteiger partial charge < -0.3 is 9.52 Å². The molecule has 3 unspecified atom stereocenters. The Morgan fingerprint density at radius 1 is 1.27 bits per heavy atom. The number of hydrogen-bond donors (Lipinski definition) is 1. The van der Waals surface area contributed by atoms with Crippen molar-refractivity contribution in [3.8, 4) is 11.3 Å². The zero-order chi connectivity index (χ0) is 18.3. The van der Waals surface area contributed by atoms with Crippen LogP contribution in [0.3, 0.4) is 0 Å². The average molecular weight is 357 g/mol. The number of aryl methyl sites for hydroxylation is 1. The number of fused-ring (bicyclic) bond motifs is 1. The molecule has 1 aliphatic carbocycles. The molecule has 1 aromatic heterocycles. The van der Waals surface area contributed by atoms with E-state index in [1.807, 2.05) is 19.1 Å². The number of carbonyl (C=O) groups is 1. The van der Waals surface area contributed by atoms with Gasteiger partial charge in [0.2, 0.25) is 0 Å². The smallest absolute Gasteiger partial charge is 0.320 e. The highest BCUT2D eigenvalue weighted by atomic mass is 19.1. The molecule has 1 saturated carbocycles. The number of nitrogens with zero attached hydrogens (tertiary/aromatic N) is 1. The second-order valence-corrected chi connectivity index (χ2v) is 7.60. The van der Waals surface area contributed by atoms with E-state index in [0.29, 0.717) is 24.3 Å². The van der Waals surface area contributed by atoms with E-state index in [2.05, 4.69) is 4.90 Å². The second-order valence-electron chi connectivity index (χ2n) is 7.60. The number of carboxylic acid groups (broad SMARTS) is 1. The standard InChI is InChI=1S/C21H24FNO3/c1-13-10-15(22)6-8-17(13)20-9-7-16(26-20)12-23-18-5-3-2-4-14(18)11-19(23)21(24)25/h6-10,14,18-19H,2-5,11-12H2,1H3,(H,24,25). The van der Waals surface area contributed by atoms with Crippen molar-refractivity contribution in [1.29, 1.82) is 0 Å². The first-order valence-corrected chi connectivity index (χ1v) is 9.36. The first-order valence-electron chi connectivity index (χ1n) is 9.36. The summed E-state index contributed by atoms with van der Waals surface area (Å²) < 4.78 is 19.3. The van der Waals surface area contributed by atoms with E-state index in [-0.39, 0.29) is 5.82 Å². The van der Waals surface area contributed by atoms with Crippen molar-refractivity contribution in [1.82, 2.24) is 4.90 Å². The molecule has 4 nitrogen and oxygen atoms in total. The lowest BCUT2D eigenvalue weighted by Crippen LogP contribution is -2.41. The van der Waals surface area contributed by atoms with Crippen molar-refractivity contribution < 1.29 is 18.7 Å². The third-order valence-corrected chi connectivity index (χ3v) is 5.96. The highest BCUT2D eigenvalue weighted by Crippen LogP contribution is 2.41. The molecule has 0 amide bonds. The quantitative estimate of drug-likeness (QED) is 0.868. The number of halogens is 1. The lowest BCUT2D eigenvalue weighted by atomic mass is 9.85. The van der Waals surface area contributed by atoms with Crippen LogP contribution in [0.5, 0.6) is 0 Å². The monoisotopic (exact) mass is 357 g/mol. The van der Waals surface area contributed by atoms with Crippen LogP contribution in [0.25, 0.3) is 11.3 Å². The summed E-state index contributed by atoms with van der Waals surface area (Å²) in [4.78, 5) is 13.9. The molecular weight excluding hydrogens is 333 g/mol. The maximum atomic E-state index is 13.3. The van der Waals surface area contributed by atoms with Gasteiger partial charge in [0.1, 0.15) is 23.4 Å². The fraction of sp³-hybridized carbons (Fsp3) is 0.476. The van der Waals surface area contributed by atoms with Crippen LogP contribution in [0.4, 0.5) is 4.39 Å². The summed E-state index contributed by atoms with van der Waals surface area (Å²) in [5, 5.41) is 9.65. The Morgan fingerprint density at radius 2 is 2.08 bits per heavy atom. The van der Waals surface area contributed by atoms with Gasteiger partial charge in [0.25, 0.3) is 0 Å². The first kappa shape index (κ1) is 17.3. The Kier molecular flexibility index (Phi) is 4.57. The first-order chi connectivity index (χ1) is 12.5. The van der Waals surface area contributed by atoms with Gasteiger partial charge >= 0.3 is 5.97 Å². The minimum absolute atomic E-state index is 0.261. The lowest BCUT2D eigenvalue weighted by Gasteiger charge is -2.32. The number of furan rings is 1. The minimum atomic E-state index is -0.736. The van der Waals surface area contributed by atoms with E-state index in [1.54, 1.807) is 6.07 Å². The lowest BCUT2D eigenvalue weighted by molar-refractivity contribution is -0.143. The van der Waals surface area contributed by atoms with Crippen LogP contribution < -0.4 is 0 Å². The molecule has 1 saturated heterocycles. The molecule has 2 aromatic rings. The van der Waals surface area contributed by atoms with Gasteiger partial charge in [-0.1, -0.05) is 12.8 Å². The van der Waals surface area contributed by atoms with Crippen LogP contribution in [0, 0.1) is 18.7 Å². The van der Waals surface area contributed by atoms with E-state index >= 15 is 0 Å². The van der Waals surface area contributed by atoms with E-state index in [4.69, 9.17) is 4.42 Å². The average Bonchev–Trinajstić information content (AvgIpc) is 3.21. The molecule has 0 spiro atoms. The summed E-state index contributed by atoms with van der Waals surface area (Å²) in [6.07, 6.45) is 5.31. The molecule has 1 aromatic carbocycles. The van der Waals surface area contributed by atoms with Crippen LogP contribution in [0.1, 0.15) is 43.4 Å². The minimum Gasteiger partial charge on any atom is -0.480 e. The predicted octanol–water partition coefficient (Wildman–Crippen LogP) is 4.61. The Morgan fingerprint density at radius 3 is 2.85 bits per heavy atom. The van der Waals surface area contributed by atoms with E-state index < -0.39 is 12.0 Å². The van der Waals surface area contributed by atoms with Gasteiger partial charge in [-0.2, -0.15) is 0 Å². The summed E-state index contributed by atoms with van der Waals surface area (Å²) >= 11 is 0. The van der Waals surface area contributed by atoms with Crippen molar-refractivity contribution in [2.24, 2.45) is 5.92 Å². The van der Waals surface area contributed by atoms with Gasteiger partial charge in [-0.3, -0.25) is 9.69 Å². The van der Waals surface area contributed by atoms with Crippen LogP contribution in [0.2, 0.25) is 0 Å². The molecule has 1 aliphatic heterocycles. The summed E-state index contributed by atoms with van der Waals surface area (Å²) in [6, 6.07) is 8.35. The molecule has 2 aliphatic rings. The van der Waals surface area contributed by atoms with Crippen molar-refractivity contribution >= 4 is 5.97 Å². The van der Waals surface area contributed by atoms with Gasteiger partial charge in [-0.15, -0.1) is 0 Å². The second kappa shape index (κ2) is 6.88. The van der Waals surface area contributed by atoms with E-state index in [9.17, 15) is 14.3 Å². The van der Waals surface area contributed by atoms with Crippen LogP contribution in [0.15, 0.2) is 34.7 Å². The van der Waals surface area contributed by atoms with Crippen LogP contribution in [-0.2, 0) is 11.3 Å². The molecule has 4 rings (SSSR count). The third kappa shape index (κ3) is 3.16. The molecule has 3 atom stereocenters. The van der Waals surface area contributed by atoms with Gasteiger partial charge in [0, 0.05) is 11.6 Å². The number of rotatable bonds is 4. The highest BCUT2D eigenvalue weighted by molar-refractivity contribution is 5.74. The number of benzene rings is 1. The molecular formula is C21H24FNO3. The summed E-state index contributed by atoms with van der Waals surface area (Å²) in [5.74, 6) is 0.951. The number of hydrogen-bond acceptors (Lipinski definition) is 3. The summed E-state index contributed by atoms with van der Waals surface area (Å²) in [7, 11) is 0.